The first-order valence-corrected chi connectivity index (χ1v) is 5.08. The number of pyridine rings is 1. The largest absolute Gasteiger partial charge is 0.323 e. The standard InChI is InChI=1S/C12H20N2/c1-9-6-5-7-11(14-9)10(13)8-12(2,3)4/h5-7,10H,8,13H2,1-4H3. The van der Waals surface area contributed by atoms with Crippen molar-refractivity contribution in [3.8, 4) is 0 Å². The van der Waals surface area contributed by atoms with Gasteiger partial charge in [0, 0.05) is 11.7 Å². The summed E-state index contributed by atoms with van der Waals surface area (Å²) in [7, 11) is 0. The fourth-order valence-electron chi connectivity index (χ4n) is 1.53. The zero-order valence-electron chi connectivity index (χ0n) is 9.54. The number of aryl methyl sites for hydroxylation is 1. The van der Waals surface area contributed by atoms with Crippen molar-refractivity contribution in [1.82, 2.24) is 4.98 Å². The quantitative estimate of drug-likeness (QED) is 0.782. The van der Waals surface area contributed by atoms with Crippen LogP contribution in [0.5, 0.6) is 0 Å². The van der Waals surface area contributed by atoms with E-state index in [4.69, 9.17) is 5.73 Å². The lowest BCUT2D eigenvalue weighted by Gasteiger charge is -2.22. The van der Waals surface area contributed by atoms with Gasteiger partial charge in [0.05, 0.1) is 5.69 Å². The number of nitrogens with zero attached hydrogens (tertiary/aromatic N) is 1. The van der Waals surface area contributed by atoms with Crippen molar-refractivity contribution < 1.29 is 0 Å². The van der Waals surface area contributed by atoms with Gasteiger partial charge in [0.2, 0.25) is 0 Å². The van der Waals surface area contributed by atoms with Crippen molar-refractivity contribution in [2.24, 2.45) is 11.1 Å². The number of nitrogens with two attached hydrogens (primary N) is 1. The SMILES string of the molecule is Cc1cccc(C(N)CC(C)(C)C)n1. The number of aromatic nitrogens is 1. The smallest absolute Gasteiger partial charge is 0.0574 e. The molecule has 1 atom stereocenters. The van der Waals surface area contributed by atoms with Gasteiger partial charge in [-0.2, -0.15) is 0 Å². The van der Waals surface area contributed by atoms with Crippen LogP contribution in [0.1, 0.15) is 44.6 Å². The second-order valence-corrected chi connectivity index (χ2v) is 5.08. The predicted octanol–water partition coefficient (Wildman–Crippen LogP) is 2.83. The highest BCUT2D eigenvalue weighted by atomic mass is 14.8. The van der Waals surface area contributed by atoms with Crippen molar-refractivity contribution in [3.05, 3.63) is 29.6 Å². The molecule has 1 heterocycles. The normalized spacial score (nSPS) is 14.1. The molecule has 2 nitrogen and oxygen atoms in total. The summed E-state index contributed by atoms with van der Waals surface area (Å²) in [5.74, 6) is 0. The average Bonchev–Trinajstić information content (AvgIpc) is 2.01. The van der Waals surface area contributed by atoms with Crippen molar-refractivity contribution >= 4 is 0 Å². The third-order valence-electron chi connectivity index (χ3n) is 2.12. The molecule has 14 heavy (non-hydrogen) atoms. The summed E-state index contributed by atoms with van der Waals surface area (Å²) in [6.07, 6.45) is 0.962. The van der Waals surface area contributed by atoms with Crippen LogP contribution in [-0.4, -0.2) is 4.98 Å². The minimum absolute atomic E-state index is 0.0508. The van der Waals surface area contributed by atoms with Gasteiger partial charge in [0.1, 0.15) is 0 Å². The first kappa shape index (κ1) is 11.2. The van der Waals surface area contributed by atoms with Gasteiger partial charge in [-0.1, -0.05) is 26.8 Å². The molecule has 1 unspecified atom stereocenters. The fourth-order valence-corrected chi connectivity index (χ4v) is 1.53. The summed E-state index contributed by atoms with van der Waals surface area (Å²) >= 11 is 0. The molecule has 0 bridgehead atoms. The summed E-state index contributed by atoms with van der Waals surface area (Å²) < 4.78 is 0. The van der Waals surface area contributed by atoms with Crippen LogP contribution in [-0.2, 0) is 0 Å². The minimum atomic E-state index is 0.0508. The van der Waals surface area contributed by atoms with E-state index in [0.29, 0.717) is 0 Å². The predicted molar refractivity (Wildman–Crippen MR) is 60.0 cm³/mol. The minimum Gasteiger partial charge on any atom is -0.323 e. The van der Waals surface area contributed by atoms with Crippen LogP contribution in [0.4, 0.5) is 0 Å². The van der Waals surface area contributed by atoms with E-state index in [1.807, 2.05) is 25.1 Å². The zero-order valence-corrected chi connectivity index (χ0v) is 9.54. The maximum Gasteiger partial charge on any atom is 0.0574 e. The molecule has 1 rings (SSSR count). The van der Waals surface area contributed by atoms with E-state index in [2.05, 4.69) is 25.8 Å². The molecule has 1 aromatic rings. The number of hydrogen-bond donors (Lipinski definition) is 1. The molecule has 0 spiro atoms. The van der Waals surface area contributed by atoms with Crippen LogP contribution in [0.2, 0.25) is 0 Å². The zero-order chi connectivity index (χ0) is 10.8. The van der Waals surface area contributed by atoms with Crippen LogP contribution in [0.15, 0.2) is 18.2 Å². The molecule has 0 radical (unpaired) electrons. The Kier molecular flexibility index (Phi) is 3.27. The molecule has 2 heteroatoms. The van der Waals surface area contributed by atoms with Crippen molar-refractivity contribution in [2.45, 2.75) is 40.2 Å². The average molecular weight is 192 g/mol. The summed E-state index contributed by atoms with van der Waals surface area (Å²) in [5.41, 5.74) is 8.38. The Bertz CT molecular complexity index is 299. The highest BCUT2D eigenvalue weighted by Gasteiger charge is 2.17. The van der Waals surface area contributed by atoms with Gasteiger partial charge in [0.25, 0.3) is 0 Å². The summed E-state index contributed by atoms with van der Waals surface area (Å²) in [6, 6.07) is 6.06. The lowest BCUT2D eigenvalue weighted by molar-refractivity contribution is 0.340. The van der Waals surface area contributed by atoms with E-state index in [0.717, 1.165) is 17.8 Å². The van der Waals surface area contributed by atoms with Crippen molar-refractivity contribution in [3.63, 3.8) is 0 Å². The Morgan fingerprint density at radius 3 is 2.50 bits per heavy atom. The Hall–Kier alpha value is -0.890. The molecule has 0 aliphatic rings. The third-order valence-corrected chi connectivity index (χ3v) is 2.12. The monoisotopic (exact) mass is 192 g/mol. The van der Waals surface area contributed by atoms with Crippen molar-refractivity contribution in [2.75, 3.05) is 0 Å². The maximum atomic E-state index is 6.09. The summed E-state index contributed by atoms with van der Waals surface area (Å²) in [5, 5.41) is 0. The molecule has 0 fully saturated rings. The molecular formula is C12H20N2. The molecule has 0 saturated heterocycles. The molecule has 0 saturated carbocycles. The van der Waals surface area contributed by atoms with Gasteiger partial charge in [-0.15, -0.1) is 0 Å². The Morgan fingerprint density at radius 2 is 2.00 bits per heavy atom. The van der Waals surface area contributed by atoms with Gasteiger partial charge < -0.3 is 5.73 Å². The highest BCUT2D eigenvalue weighted by Crippen LogP contribution is 2.26. The number of hydrogen-bond acceptors (Lipinski definition) is 2. The van der Waals surface area contributed by atoms with E-state index < -0.39 is 0 Å². The molecule has 1 aromatic heterocycles. The van der Waals surface area contributed by atoms with Crippen LogP contribution in [0, 0.1) is 12.3 Å². The van der Waals surface area contributed by atoms with Crippen molar-refractivity contribution in [1.29, 1.82) is 0 Å². The second kappa shape index (κ2) is 4.09. The van der Waals surface area contributed by atoms with E-state index in [1.54, 1.807) is 0 Å². The molecule has 78 valence electrons. The van der Waals surface area contributed by atoms with Gasteiger partial charge >= 0.3 is 0 Å². The number of rotatable bonds is 2. The fraction of sp³-hybridized carbons (Fsp3) is 0.583. The third kappa shape index (κ3) is 3.46. The first-order chi connectivity index (χ1) is 6.38. The summed E-state index contributed by atoms with van der Waals surface area (Å²) in [4.78, 5) is 4.43. The lowest BCUT2D eigenvalue weighted by Crippen LogP contribution is -2.19. The second-order valence-electron chi connectivity index (χ2n) is 5.08. The molecule has 0 aliphatic carbocycles. The Labute approximate surface area is 86.5 Å². The van der Waals surface area contributed by atoms with E-state index in [1.165, 1.54) is 0 Å². The summed E-state index contributed by atoms with van der Waals surface area (Å²) in [6.45, 7) is 8.58. The molecule has 2 N–H and O–H groups in total. The van der Waals surface area contributed by atoms with E-state index >= 15 is 0 Å². The topological polar surface area (TPSA) is 38.9 Å². The molecule has 0 aliphatic heterocycles. The van der Waals surface area contributed by atoms with Gasteiger partial charge in [-0.05, 0) is 30.9 Å². The van der Waals surface area contributed by atoms with Gasteiger partial charge in [-0.25, -0.2) is 0 Å². The van der Waals surface area contributed by atoms with Gasteiger partial charge in [-0.3, -0.25) is 4.98 Å². The Balaban J connectivity index is 2.74. The molecule has 0 amide bonds. The van der Waals surface area contributed by atoms with Gasteiger partial charge in [0.15, 0.2) is 0 Å². The van der Waals surface area contributed by atoms with Crippen LogP contribution in [0.25, 0.3) is 0 Å². The van der Waals surface area contributed by atoms with E-state index in [-0.39, 0.29) is 11.5 Å². The molecular weight excluding hydrogens is 172 g/mol. The van der Waals surface area contributed by atoms with Crippen LogP contribution >= 0.6 is 0 Å². The lowest BCUT2D eigenvalue weighted by atomic mass is 9.87. The van der Waals surface area contributed by atoms with Crippen LogP contribution < -0.4 is 5.73 Å². The van der Waals surface area contributed by atoms with Crippen LogP contribution in [0.3, 0.4) is 0 Å². The highest BCUT2D eigenvalue weighted by molar-refractivity contribution is 5.13. The first-order valence-electron chi connectivity index (χ1n) is 5.08. The molecule has 0 aromatic carbocycles. The maximum absolute atomic E-state index is 6.09. The van der Waals surface area contributed by atoms with E-state index in [9.17, 15) is 0 Å². The Morgan fingerprint density at radius 1 is 1.36 bits per heavy atom.